The van der Waals surface area contributed by atoms with Crippen molar-refractivity contribution < 1.29 is 8.81 Å². The summed E-state index contributed by atoms with van der Waals surface area (Å²) in [6.07, 6.45) is 2.45. The van der Waals surface area contributed by atoms with Gasteiger partial charge in [0, 0.05) is 12.5 Å². The number of aryl methyl sites for hydroxylation is 1. The SMILES string of the molecule is CCc1cnc(Cn2c(CCl)nc3cc(Cl)c(F)cc32)o1. The number of hydrogen-bond donors (Lipinski definition) is 0. The fraction of sp³-hybridized carbons (Fsp3) is 0.286. The largest absolute Gasteiger partial charge is 0.444 e. The van der Waals surface area contributed by atoms with Gasteiger partial charge < -0.3 is 8.98 Å². The number of benzene rings is 1. The standard InChI is InChI=1S/C14H12Cl2FN3O/c1-2-8-6-18-14(21-8)7-20-12-4-10(17)9(16)3-11(12)19-13(20)5-15/h3-4,6H,2,5,7H2,1H3. The first-order valence-corrected chi connectivity index (χ1v) is 7.37. The maximum absolute atomic E-state index is 13.7. The molecular formula is C14H12Cl2FN3O. The molecule has 0 unspecified atom stereocenters. The van der Waals surface area contributed by atoms with Crippen LogP contribution in [-0.2, 0) is 18.8 Å². The van der Waals surface area contributed by atoms with Crippen LogP contribution < -0.4 is 0 Å². The number of imidazole rings is 1. The van der Waals surface area contributed by atoms with Gasteiger partial charge in [-0.25, -0.2) is 14.4 Å². The Morgan fingerprint density at radius 2 is 2.19 bits per heavy atom. The second kappa shape index (κ2) is 5.66. The number of oxazole rings is 1. The number of fused-ring (bicyclic) bond motifs is 1. The number of aromatic nitrogens is 3. The molecular weight excluding hydrogens is 316 g/mol. The molecule has 21 heavy (non-hydrogen) atoms. The minimum atomic E-state index is -0.493. The van der Waals surface area contributed by atoms with E-state index in [1.54, 1.807) is 10.8 Å². The van der Waals surface area contributed by atoms with Gasteiger partial charge in [-0.2, -0.15) is 0 Å². The van der Waals surface area contributed by atoms with Crippen LogP contribution in [0, 0.1) is 5.82 Å². The smallest absolute Gasteiger partial charge is 0.214 e. The Morgan fingerprint density at radius 3 is 2.86 bits per heavy atom. The molecule has 1 aromatic carbocycles. The lowest BCUT2D eigenvalue weighted by molar-refractivity contribution is 0.446. The second-order valence-corrected chi connectivity index (χ2v) is 5.25. The molecule has 4 nitrogen and oxygen atoms in total. The average Bonchev–Trinajstić information content (AvgIpc) is 3.05. The van der Waals surface area contributed by atoms with Gasteiger partial charge in [-0.1, -0.05) is 18.5 Å². The molecule has 0 atom stereocenters. The van der Waals surface area contributed by atoms with E-state index < -0.39 is 5.82 Å². The van der Waals surface area contributed by atoms with Gasteiger partial charge in [0.05, 0.1) is 28.1 Å². The first-order chi connectivity index (χ1) is 10.1. The molecule has 0 saturated heterocycles. The summed E-state index contributed by atoms with van der Waals surface area (Å²) < 4.78 is 21.1. The lowest BCUT2D eigenvalue weighted by atomic mass is 10.3. The van der Waals surface area contributed by atoms with Crippen LogP contribution in [-0.4, -0.2) is 14.5 Å². The summed E-state index contributed by atoms with van der Waals surface area (Å²) in [7, 11) is 0. The Hall–Kier alpha value is -1.59. The van der Waals surface area contributed by atoms with Crippen molar-refractivity contribution in [3.05, 3.63) is 46.6 Å². The lowest BCUT2D eigenvalue weighted by Gasteiger charge is -2.05. The van der Waals surface area contributed by atoms with Crippen molar-refractivity contribution in [2.45, 2.75) is 25.8 Å². The third-order valence-corrected chi connectivity index (χ3v) is 3.76. The van der Waals surface area contributed by atoms with Crippen molar-refractivity contribution in [3.8, 4) is 0 Å². The quantitative estimate of drug-likeness (QED) is 0.675. The van der Waals surface area contributed by atoms with Crippen LogP contribution >= 0.6 is 23.2 Å². The van der Waals surface area contributed by atoms with Crippen LogP contribution in [0.5, 0.6) is 0 Å². The van der Waals surface area contributed by atoms with E-state index >= 15 is 0 Å². The number of rotatable bonds is 4. The molecule has 7 heteroatoms. The van der Waals surface area contributed by atoms with Crippen LogP contribution in [0.25, 0.3) is 11.0 Å². The van der Waals surface area contributed by atoms with Crippen LogP contribution in [0.1, 0.15) is 24.4 Å². The molecule has 0 aliphatic carbocycles. The first-order valence-electron chi connectivity index (χ1n) is 6.46. The molecule has 0 radical (unpaired) electrons. The van der Waals surface area contributed by atoms with Gasteiger partial charge in [-0.3, -0.25) is 0 Å². The molecule has 0 spiro atoms. The lowest BCUT2D eigenvalue weighted by Crippen LogP contribution is -2.04. The molecule has 110 valence electrons. The van der Waals surface area contributed by atoms with Crippen molar-refractivity contribution in [1.29, 1.82) is 0 Å². The molecule has 2 aromatic heterocycles. The Morgan fingerprint density at radius 1 is 1.38 bits per heavy atom. The van der Waals surface area contributed by atoms with Gasteiger partial charge >= 0.3 is 0 Å². The summed E-state index contributed by atoms with van der Waals surface area (Å²) in [5, 5.41) is 0.0395. The van der Waals surface area contributed by atoms with E-state index in [1.807, 2.05) is 6.92 Å². The maximum atomic E-state index is 13.7. The van der Waals surface area contributed by atoms with Crippen LogP contribution in [0.2, 0.25) is 5.02 Å². The number of halogens is 3. The van der Waals surface area contributed by atoms with Crippen molar-refractivity contribution in [2.75, 3.05) is 0 Å². The Kier molecular flexibility index (Phi) is 3.87. The van der Waals surface area contributed by atoms with Gasteiger partial charge in [0.2, 0.25) is 5.89 Å². The van der Waals surface area contributed by atoms with Crippen molar-refractivity contribution in [1.82, 2.24) is 14.5 Å². The monoisotopic (exact) mass is 327 g/mol. The molecule has 0 bridgehead atoms. The third kappa shape index (κ3) is 2.63. The van der Waals surface area contributed by atoms with E-state index in [1.165, 1.54) is 12.1 Å². The second-order valence-electron chi connectivity index (χ2n) is 4.58. The Bertz CT molecular complexity index is 797. The van der Waals surface area contributed by atoms with E-state index in [0.717, 1.165) is 12.2 Å². The van der Waals surface area contributed by atoms with Crippen molar-refractivity contribution >= 4 is 34.2 Å². The molecule has 0 aliphatic heterocycles. The summed E-state index contributed by atoms with van der Waals surface area (Å²) in [6.45, 7) is 2.33. The minimum absolute atomic E-state index is 0.0395. The third-order valence-electron chi connectivity index (χ3n) is 3.23. The van der Waals surface area contributed by atoms with E-state index in [0.29, 0.717) is 29.3 Å². The molecule has 0 saturated carbocycles. The van der Waals surface area contributed by atoms with Crippen molar-refractivity contribution in [3.63, 3.8) is 0 Å². The van der Waals surface area contributed by atoms with E-state index in [2.05, 4.69) is 9.97 Å². The Balaban J connectivity index is 2.09. The topological polar surface area (TPSA) is 43.9 Å². The molecule has 3 rings (SSSR count). The number of nitrogens with zero attached hydrogens (tertiary/aromatic N) is 3. The first kappa shape index (κ1) is 14.4. The van der Waals surface area contributed by atoms with Crippen LogP contribution in [0.15, 0.2) is 22.7 Å². The molecule has 0 N–H and O–H groups in total. The fourth-order valence-electron chi connectivity index (χ4n) is 2.17. The zero-order chi connectivity index (χ0) is 15.0. The summed E-state index contributed by atoms with van der Waals surface area (Å²) >= 11 is 11.7. The predicted octanol–water partition coefficient (Wildman–Crippen LogP) is 4.17. The van der Waals surface area contributed by atoms with Gasteiger partial charge in [0.25, 0.3) is 0 Å². The highest BCUT2D eigenvalue weighted by molar-refractivity contribution is 6.31. The highest BCUT2D eigenvalue weighted by Gasteiger charge is 2.15. The van der Waals surface area contributed by atoms with Gasteiger partial charge in [-0.15, -0.1) is 11.6 Å². The molecule has 0 aliphatic rings. The normalized spacial score (nSPS) is 11.4. The number of hydrogen-bond acceptors (Lipinski definition) is 3. The van der Waals surface area contributed by atoms with E-state index in [-0.39, 0.29) is 10.9 Å². The molecule has 0 amide bonds. The fourth-order valence-corrected chi connectivity index (χ4v) is 2.53. The maximum Gasteiger partial charge on any atom is 0.214 e. The summed E-state index contributed by atoms with van der Waals surface area (Å²) in [4.78, 5) is 8.57. The molecule has 2 heterocycles. The molecule has 3 aromatic rings. The summed E-state index contributed by atoms with van der Waals surface area (Å²) in [6, 6.07) is 2.84. The Labute approximate surface area is 130 Å². The summed E-state index contributed by atoms with van der Waals surface area (Å²) in [5.74, 6) is 1.66. The highest BCUT2D eigenvalue weighted by Crippen LogP contribution is 2.25. The zero-order valence-electron chi connectivity index (χ0n) is 11.2. The van der Waals surface area contributed by atoms with Gasteiger partial charge in [0.15, 0.2) is 0 Å². The highest BCUT2D eigenvalue weighted by atomic mass is 35.5. The van der Waals surface area contributed by atoms with E-state index in [9.17, 15) is 4.39 Å². The van der Waals surface area contributed by atoms with Gasteiger partial charge in [0.1, 0.15) is 23.9 Å². The van der Waals surface area contributed by atoms with Crippen LogP contribution in [0.3, 0.4) is 0 Å². The predicted molar refractivity (Wildman–Crippen MR) is 79.2 cm³/mol. The van der Waals surface area contributed by atoms with Gasteiger partial charge in [-0.05, 0) is 6.07 Å². The van der Waals surface area contributed by atoms with Crippen LogP contribution in [0.4, 0.5) is 4.39 Å². The number of alkyl halides is 1. The zero-order valence-corrected chi connectivity index (χ0v) is 12.7. The molecule has 0 fully saturated rings. The minimum Gasteiger partial charge on any atom is -0.444 e. The van der Waals surface area contributed by atoms with E-state index in [4.69, 9.17) is 27.6 Å². The summed E-state index contributed by atoms with van der Waals surface area (Å²) in [5.41, 5.74) is 1.21. The van der Waals surface area contributed by atoms with Crippen molar-refractivity contribution in [2.24, 2.45) is 0 Å². The average molecular weight is 328 g/mol.